The number of nitrogens with one attached hydrogen (secondary N) is 1. The number of carbonyl (C=O) groups excluding carboxylic acids is 1. The van der Waals surface area contributed by atoms with Crippen molar-refractivity contribution in [3.8, 4) is 0 Å². The Kier molecular flexibility index (Phi) is 4.53. The highest BCUT2D eigenvalue weighted by Gasteiger charge is 2.11. The number of alkyl halides is 1. The second kappa shape index (κ2) is 5.50. The van der Waals surface area contributed by atoms with Gasteiger partial charge in [0.05, 0.1) is 0 Å². The Bertz CT molecular complexity index is 514. The third kappa shape index (κ3) is 4.01. The lowest BCUT2D eigenvalue weighted by Crippen LogP contribution is -2.22. The molecule has 0 aliphatic rings. The van der Waals surface area contributed by atoms with Crippen molar-refractivity contribution >= 4 is 37.5 Å². The number of carbonyl (C=O) groups is 1. The van der Waals surface area contributed by atoms with E-state index < -0.39 is 10.0 Å². The van der Waals surface area contributed by atoms with Crippen LogP contribution in [0.2, 0.25) is 0 Å². The summed E-state index contributed by atoms with van der Waals surface area (Å²) >= 11 is 2.87. The number of amides is 1. The molecule has 0 radical (unpaired) electrons. The van der Waals surface area contributed by atoms with E-state index in [0.29, 0.717) is 11.3 Å². The molecule has 17 heavy (non-hydrogen) atoms. The molecule has 0 spiro atoms. The Morgan fingerprint density at radius 1 is 1.41 bits per heavy atom. The van der Waals surface area contributed by atoms with Gasteiger partial charge in [-0.15, -0.1) is 0 Å². The molecule has 94 valence electrons. The van der Waals surface area contributed by atoms with Crippen LogP contribution in [0.5, 0.6) is 0 Å². The van der Waals surface area contributed by atoms with E-state index in [1.165, 1.54) is 11.0 Å². The maximum atomic E-state index is 11.7. The van der Waals surface area contributed by atoms with Crippen LogP contribution in [0, 0.1) is 0 Å². The van der Waals surface area contributed by atoms with E-state index in [1.54, 1.807) is 32.3 Å². The summed E-state index contributed by atoms with van der Waals surface area (Å²) in [6, 6.07) is 6.35. The van der Waals surface area contributed by atoms with Gasteiger partial charge in [-0.1, -0.05) is 22.0 Å². The maximum Gasteiger partial charge on any atom is 0.253 e. The number of rotatable bonds is 4. The normalized spacial score (nSPS) is 11.0. The van der Waals surface area contributed by atoms with Gasteiger partial charge in [0.1, 0.15) is 4.66 Å². The van der Waals surface area contributed by atoms with Crippen LogP contribution in [0.25, 0.3) is 0 Å². The van der Waals surface area contributed by atoms with Crippen molar-refractivity contribution in [3.05, 3.63) is 29.8 Å². The highest BCUT2D eigenvalue weighted by molar-refractivity contribution is 9.10. The lowest BCUT2D eigenvalue weighted by Gasteiger charge is -2.11. The molecule has 1 N–H and O–H groups in total. The molecule has 7 heteroatoms. The third-order valence-electron chi connectivity index (χ3n) is 1.93. The first kappa shape index (κ1) is 14.0. The minimum absolute atomic E-state index is 0.176. The van der Waals surface area contributed by atoms with Gasteiger partial charge in [-0.05, 0) is 18.2 Å². The lowest BCUT2D eigenvalue weighted by molar-refractivity contribution is 0.0827. The number of hydrogen-bond acceptors (Lipinski definition) is 3. The fraction of sp³-hybridized carbons (Fsp3) is 0.300. The topological polar surface area (TPSA) is 66.5 Å². The van der Waals surface area contributed by atoms with Gasteiger partial charge in [0.15, 0.2) is 0 Å². The second-order valence-corrected chi connectivity index (χ2v) is 6.63. The second-order valence-electron chi connectivity index (χ2n) is 3.61. The zero-order valence-electron chi connectivity index (χ0n) is 9.47. The van der Waals surface area contributed by atoms with Gasteiger partial charge in [0, 0.05) is 25.3 Å². The first-order valence-electron chi connectivity index (χ1n) is 4.74. The molecule has 0 saturated heterocycles. The van der Waals surface area contributed by atoms with E-state index in [0.717, 1.165) is 0 Å². The van der Waals surface area contributed by atoms with E-state index in [-0.39, 0.29) is 10.6 Å². The van der Waals surface area contributed by atoms with Gasteiger partial charge in [-0.25, -0.2) is 8.42 Å². The van der Waals surface area contributed by atoms with Crippen LogP contribution in [-0.4, -0.2) is 38.0 Å². The van der Waals surface area contributed by atoms with E-state index in [9.17, 15) is 13.2 Å². The predicted octanol–water partition coefficient (Wildman–Crippen LogP) is 1.48. The molecule has 0 fully saturated rings. The van der Waals surface area contributed by atoms with E-state index in [1.807, 2.05) is 0 Å². The maximum absolute atomic E-state index is 11.7. The van der Waals surface area contributed by atoms with E-state index in [2.05, 4.69) is 20.7 Å². The highest BCUT2D eigenvalue weighted by atomic mass is 79.9. The number of halogens is 1. The summed E-state index contributed by atoms with van der Waals surface area (Å²) in [6.45, 7) is 0. The van der Waals surface area contributed by atoms with Crippen LogP contribution in [0.1, 0.15) is 10.4 Å². The van der Waals surface area contributed by atoms with Crippen LogP contribution in [-0.2, 0) is 10.0 Å². The van der Waals surface area contributed by atoms with Crippen molar-refractivity contribution < 1.29 is 13.2 Å². The van der Waals surface area contributed by atoms with Crippen molar-refractivity contribution in [1.82, 2.24) is 4.90 Å². The Balaban J connectivity index is 2.98. The smallest absolute Gasteiger partial charge is 0.253 e. The van der Waals surface area contributed by atoms with Crippen LogP contribution in [0.3, 0.4) is 0 Å². The Morgan fingerprint density at radius 3 is 2.59 bits per heavy atom. The number of nitrogens with zero attached hydrogens (tertiary/aromatic N) is 1. The fourth-order valence-electron chi connectivity index (χ4n) is 1.18. The minimum atomic E-state index is -3.39. The quantitative estimate of drug-likeness (QED) is 0.854. The molecule has 1 rings (SSSR count). The molecule has 0 heterocycles. The van der Waals surface area contributed by atoms with Crippen molar-refractivity contribution in [2.24, 2.45) is 0 Å². The van der Waals surface area contributed by atoms with Gasteiger partial charge in [0.25, 0.3) is 5.91 Å². The van der Waals surface area contributed by atoms with Crippen LogP contribution < -0.4 is 4.72 Å². The Morgan fingerprint density at radius 2 is 2.06 bits per heavy atom. The summed E-state index contributed by atoms with van der Waals surface area (Å²) in [6.07, 6.45) is 0. The summed E-state index contributed by atoms with van der Waals surface area (Å²) in [5.41, 5.74) is 0.807. The third-order valence-corrected chi connectivity index (χ3v) is 4.57. The Labute approximate surface area is 109 Å². The minimum Gasteiger partial charge on any atom is -0.345 e. The Hall–Kier alpha value is -1.08. The molecule has 1 amide bonds. The summed E-state index contributed by atoms with van der Waals surface area (Å²) in [5.74, 6) is -0.176. The van der Waals surface area contributed by atoms with Gasteiger partial charge in [-0.3, -0.25) is 9.52 Å². The largest absolute Gasteiger partial charge is 0.345 e. The highest BCUT2D eigenvalue weighted by Crippen LogP contribution is 2.14. The van der Waals surface area contributed by atoms with Crippen molar-refractivity contribution in [2.75, 3.05) is 23.5 Å². The molecule has 1 aromatic rings. The summed E-state index contributed by atoms with van der Waals surface area (Å²) in [4.78, 5) is 13.1. The van der Waals surface area contributed by atoms with Crippen molar-refractivity contribution in [1.29, 1.82) is 0 Å². The number of benzene rings is 1. The van der Waals surface area contributed by atoms with Gasteiger partial charge >= 0.3 is 0 Å². The molecule has 0 aromatic heterocycles. The average molecular weight is 321 g/mol. The number of anilines is 1. The van der Waals surface area contributed by atoms with E-state index >= 15 is 0 Å². The molecule has 0 atom stereocenters. The molecule has 0 unspecified atom stereocenters. The van der Waals surface area contributed by atoms with Gasteiger partial charge in [-0.2, -0.15) is 0 Å². The molecule has 5 nitrogen and oxygen atoms in total. The zero-order chi connectivity index (χ0) is 13.1. The van der Waals surface area contributed by atoms with Crippen molar-refractivity contribution in [3.63, 3.8) is 0 Å². The first-order valence-corrected chi connectivity index (χ1v) is 7.51. The molecular formula is C10H13BrN2O3S. The summed E-state index contributed by atoms with van der Waals surface area (Å²) in [5, 5.41) is 0. The molecule has 0 aliphatic carbocycles. The molecule has 1 aromatic carbocycles. The average Bonchev–Trinajstić information content (AvgIpc) is 2.27. The van der Waals surface area contributed by atoms with E-state index in [4.69, 9.17) is 0 Å². The molecule has 0 aliphatic heterocycles. The monoisotopic (exact) mass is 320 g/mol. The van der Waals surface area contributed by atoms with Gasteiger partial charge in [0.2, 0.25) is 10.0 Å². The lowest BCUT2D eigenvalue weighted by atomic mass is 10.2. The molecule has 0 saturated carbocycles. The van der Waals surface area contributed by atoms with Crippen LogP contribution >= 0.6 is 15.9 Å². The van der Waals surface area contributed by atoms with Crippen molar-refractivity contribution in [2.45, 2.75) is 0 Å². The molecular weight excluding hydrogens is 308 g/mol. The number of sulfonamides is 1. The fourth-order valence-corrected chi connectivity index (χ4v) is 2.06. The number of hydrogen-bond donors (Lipinski definition) is 1. The zero-order valence-corrected chi connectivity index (χ0v) is 11.9. The summed E-state index contributed by atoms with van der Waals surface area (Å²) in [7, 11) is -0.120. The first-order chi connectivity index (χ1) is 7.85. The summed E-state index contributed by atoms with van der Waals surface area (Å²) < 4.78 is 24.8. The van der Waals surface area contributed by atoms with Crippen LogP contribution in [0.15, 0.2) is 24.3 Å². The molecule has 0 bridgehead atoms. The SMILES string of the molecule is CN(C)C(=O)c1cccc(NS(=O)(=O)CBr)c1. The predicted molar refractivity (Wildman–Crippen MR) is 70.8 cm³/mol. The standard InChI is InChI=1S/C10H13BrN2O3S/c1-13(2)10(14)8-4-3-5-9(6-8)12-17(15,16)7-11/h3-6,12H,7H2,1-2H3. The van der Waals surface area contributed by atoms with Crippen LogP contribution in [0.4, 0.5) is 5.69 Å². The van der Waals surface area contributed by atoms with Gasteiger partial charge < -0.3 is 4.90 Å².